The molecule has 2 aliphatic heterocycles. The molecule has 2 aliphatic rings. The molecule has 0 saturated carbocycles. The van der Waals surface area contributed by atoms with Gasteiger partial charge in [-0.05, 0) is 12.1 Å². The SMILES string of the molecule is O=C(Cn1cccnc1=O)N[C@@H]1CC2(CCOCC2)Oc2ccccc21. The normalized spacial score (nSPS) is 20.8. The van der Waals surface area contributed by atoms with E-state index in [9.17, 15) is 9.59 Å². The van der Waals surface area contributed by atoms with Crippen molar-refractivity contribution >= 4 is 5.91 Å². The van der Waals surface area contributed by atoms with Gasteiger partial charge in [-0.15, -0.1) is 0 Å². The molecule has 1 saturated heterocycles. The highest BCUT2D eigenvalue weighted by Gasteiger charge is 2.42. The zero-order chi connectivity index (χ0) is 18.0. The third kappa shape index (κ3) is 3.35. The molecule has 1 spiro atoms. The summed E-state index contributed by atoms with van der Waals surface area (Å²) in [4.78, 5) is 28.0. The summed E-state index contributed by atoms with van der Waals surface area (Å²) in [7, 11) is 0. The number of fused-ring (bicyclic) bond motifs is 1. The molecule has 7 heteroatoms. The highest BCUT2D eigenvalue weighted by atomic mass is 16.5. The van der Waals surface area contributed by atoms with Crippen molar-refractivity contribution in [1.29, 1.82) is 0 Å². The summed E-state index contributed by atoms with van der Waals surface area (Å²) in [5.41, 5.74) is 0.225. The molecule has 1 fully saturated rings. The average Bonchev–Trinajstić information content (AvgIpc) is 2.64. The van der Waals surface area contributed by atoms with Crippen LogP contribution in [0.4, 0.5) is 0 Å². The number of ether oxygens (including phenoxy) is 2. The van der Waals surface area contributed by atoms with Gasteiger partial charge < -0.3 is 14.8 Å². The molecule has 0 unspecified atom stereocenters. The second-order valence-electron chi connectivity index (χ2n) is 6.79. The Bertz CT molecular complexity index is 858. The summed E-state index contributed by atoms with van der Waals surface area (Å²) < 4.78 is 13.1. The summed E-state index contributed by atoms with van der Waals surface area (Å²) in [6.45, 7) is 1.27. The molecule has 1 aromatic carbocycles. The Balaban J connectivity index is 1.55. The third-order valence-corrected chi connectivity index (χ3v) is 5.03. The van der Waals surface area contributed by atoms with Crippen molar-refractivity contribution in [2.75, 3.05) is 13.2 Å². The molecule has 3 heterocycles. The second kappa shape index (κ2) is 6.92. The molecule has 26 heavy (non-hydrogen) atoms. The molecule has 0 radical (unpaired) electrons. The molecule has 4 rings (SSSR count). The first-order valence-electron chi connectivity index (χ1n) is 8.82. The van der Waals surface area contributed by atoms with E-state index >= 15 is 0 Å². The Hall–Kier alpha value is -2.67. The molecular weight excluding hydrogens is 334 g/mol. The lowest BCUT2D eigenvalue weighted by molar-refractivity contribution is -0.123. The Morgan fingerprint density at radius 3 is 2.88 bits per heavy atom. The minimum absolute atomic E-state index is 0.0533. The summed E-state index contributed by atoms with van der Waals surface area (Å²) in [6.07, 6.45) is 5.28. The molecule has 1 atom stereocenters. The Morgan fingerprint density at radius 2 is 2.08 bits per heavy atom. The van der Waals surface area contributed by atoms with Crippen molar-refractivity contribution in [2.45, 2.75) is 37.5 Å². The number of aromatic nitrogens is 2. The first-order valence-corrected chi connectivity index (χ1v) is 8.82. The predicted molar refractivity (Wildman–Crippen MR) is 93.9 cm³/mol. The maximum Gasteiger partial charge on any atom is 0.347 e. The number of rotatable bonds is 3. The quantitative estimate of drug-likeness (QED) is 0.901. The average molecular weight is 355 g/mol. The van der Waals surface area contributed by atoms with E-state index in [-0.39, 0.29) is 24.1 Å². The zero-order valence-corrected chi connectivity index (χ0v) is 14.4. The van der Waals surface area contributed by atoms with Crippen molar-refractivity contribution in [2.24, 2.45) is 0 Å². The minimum atomic E-state index is -0.434. The monoisotopic (exact) mass is 355 g/mol. The van der Waals surface area contributed by atoms with Crippen LogP contribution in [-0.4, -0.2) is 34.3 Å². The molecule has 136 valence electrons. The van der Waals surface area contributed by atoms with Gasteiger partial charge in [0.15, 0.2) is 0 Å². The maximum atomic E-state index is 12.5. The van der Waals surface area contributed by atoms with Gasteiger partial charge in [0.1, 0.15) is 17.9 Å². The van der Waals surface area contributed by atoms with Gasteiger partial charge in [-0.3, -0.25) is 9.36 Å². The largest absolute Gasteiger partial charge is 0.487 e. The van der Waals surface area contributed by atoms with Gasteiger partial charge in [-0.2, -0.15) is 0 Å². The van der Waals surface area contributed by atoms with Crippen LogP contribution in [0.25, 0.3) is 0 Å². The minimum Gasteiger partial charge on any atom is -0.487 e. The summed E-state index contributed by atoms with van der Waals surface area (Å²) in [6, 6.07) is 9.27. The van der Waals surface area contributed by atoms with Gasteiger partial charge in [0.25, 0.3) is 0 Å². The lowest BCUT2D eigenvalue weighted by atomic mass is 9.82. The molecule has 0 aliphatic carbocycles. The van der Waals surface area contributed by atoms with Crippen LogP contribution in [0.1, 0.15) is 30.9 Å². The first kappa shape index (κ1) is 16.8. The van der Waals surface area contributed by atoms with Crippen molar-refractivity contribution in [3.05, 3.63) is 58.8 Å². The van der Waals surface area contributed by atoms with E-state index in [1.54, 1.807) is 12.3 Å². The van der Waals surface area contributed by atoms with Crippen LogP contribution >= 0.6 is 0 Å². The lowest BCUT2D eigenvalue weighted by Gasteiger charge is -2.44. The number of amides is 1. The molecule has 7 nitrogen and oxygen atoms in total. The molecule has 1 aromatic heterocycles. The summed E-state index contributed by atoms with van der Waals surface area (Å²) in [5.74, 6) is 0.591. The van der Waals surface area contributed by atoms with Crippen molar-refractivity contribution in [3.8, 4) is 5.75 Å². The number of hydrogen-bond donors (Lipinski definition) is 1. The van der Waals surface area contributed by atoms with Crippen LogP contribution in [0.3, 0.4) is 0 Å². The van der Waals surface area contributed by atoms with E-state index in [0.717, 1.165) is 24.2 Å². The van der Waals surface area contributed by atoms with Gasteiger partial charge >= 0.3 is 5.69 Å². The fourth-order valence-corrected chi connectivity index (χ4v) is 3.70. The predicted octanol–water partition coefficient (Wildman–Crippen LogP) is 1.43. The van der Waals surface area contributed by atoms with Crippen molar-refractivity contribution < 1.29 is 14.3 Å². The summed E-state index contributed by atoms with van der Waals surface area (Å²) >= 11 is 0. The highest BCUT2D eigenvalue weighted by Crippen LogP contribution is 2.43. The molecule has 2 aromatic rings. The van der Waals surface area contributed by atoms with Gasteiger partial charge in [-0.25, -0.2) is 9.78 Å². The molecule has 1 amide bonds. The van der Waals surface area contributed by atoms with Gasteiger partial charge in [0, 0.05) is 37.2 Å². The van der Waals surface area contributed by atoms with Crippen molar-refractivity contribution in [1.82, 2.24) is 14.9 Å². The molecular formula is C19H21N3O4. The van der Waals surface area contributed by atoms with E-state index in [1.807, 2.05) is 24.3 Å². The first-order chi connectivity index (χ1) is 12.7. The van der Waals surface area contributed by atoms with E-state index in [4.69, 9.17) is 9.47 Å². The molecule has 1 N–H and O–H groups in total. The number of para-hydroxylation sites is 1. The van der Waals surface area contributed by atoms with E-state index < -0.39 is 5.69 Å². The van der Waals surface area contributed by atoms with Crippen LogP contribution in [-0.2, 0) is 16.1 Å². The van der Waals surface area contributed by atoms with E-state index in [1.165, 1.54) is 10.8 Å². The van der Waals surface area contributed by atoms with E-state index in [2.05, 4.69) is 10.3 Å². The number of nitrogens with one attached hydrogen (secondary N) is 1. The maximum absolute atomic E-state index is 12.5. The standard InChI is InChI=1S/C19H21N3O4/c23-17(13-22-9-3-8-20-18(22)24)21-15-12-19(6-10-25-11-7-19)26-16-5-2-1-4-14(15)16/h1-5,8-9,15H,6-7,10-13H2,(H,21,23)/t15-/m1/s1. The van der Waals surface area contributed by atoms with Crippen LogP contribution in [0.2, 0.25) is 0 Å². The topological polar surface area (TPSA) is 82.5 Å². The van der Waals surface area contributed by atoms with Gasteiger partial charge in [0.05, 0.1) is 19.3 Å². The van der Waals surface area contributed by atoms with Crippen LogP contribution in [0.5, 0.6) is 5.75 Å². The van der Waals surface area contributed by atoms with Gasteiger partial charge in [-0.1, -0.05) is 18.2 Å². The number of carbonyl (C=O) groups is 1. The zero-order valence-electron chi connectivity index (χ0n) is 14.4. The number of hydrogen-bond acceptors (Lipinski definition) is 5. The number of benzene rings is 1. The summed E-state index contributed by atoms with van der Waals surface area (Å²) in [5, 5.41) is 3.08. The number of nitrogens with zero attached hydrogens (tertiary/aromatic N) is 2. The lowest BCUT2D eigenvalue weighted by Crippen LogP contribution is -2.49. The van der Waals surface area contributed by atoms with Gasteiger partial charge in [0.2, 0.25) is 5.91 Å². The van der Waals surface area contributed by atoms with Crippen molar-refractivity contribution in [3.63, 3.8) is 0 Å². The second-order valence-corrected chi connectivity index (χ2v) is 6.79. The van der Waals surface area contributed by atoms with Crippen LogP contribution in [0.15, 0.2) is 47.5 Å². The smallest absolute Gasteiger partial charge is 0.347 e. The highest BCUT2D eigenvalue weighted by molar-refractivity contribution is 5.76. The van der Waals surface area contributed by atoms with Crippen LogP contribution in [0, 0.1) is 0 Å². The Morgan fingerprint density at radius 1 is 1.27 bits per heavy atom. The van der Waals surface area contributed by atoms with E-state index in [0.29, 0.717) is 19.6 Å². The van der Waals surface area contributed by atoms with Crippen LogP contribution < -0.4 is 15.7 Å². The fourth-order valence-electron chi connectivity index (χ4n) is 3.70. The fraction of sp³-hybridized carbons (Fsp3) is 0.421. The Kier molecular flexibility index (Phi) is 4.46. The number of carbonyl (C=O) groups excluding carboxylic acids is 1. The Labute approximate surface area is 151 Å². The third-order valence-electron chi connectivity index (χ3n) is 5.03. The molecule has 0 bridgehead atoms.